The Labute approximate surface area is 69.2 Å². The minimum Gasteiger partial charge on any atom is -0.303 e. The summed E-state index contributed by atoms with van der Waals surface area (Å²) in [6.45, 7) is 7.62. The van der Waals surface area contributed by atoms with E-state index in [1.54, 1.807) is 0 Å². The van der Waals surface area contributed by atoms with E-state index >= 15 is 0 Å². The number of hydrogen-bond acceptors (Lipinski definition) is 2. The van der Waals surface area contributed by atoms with E-state index in [-0.39, 0.29) is 0 Å². The quantitative estimate of drug-likeness (QED) is 0.551. The van der Waals surface area contributed by atoms with Crippen molar-refractivity contribution in [3.8, 4) is 0 Å². The summed E-state index contributed by atoms with van der Waals surface area (Å²) in [5, 5.41) is 0. The first-order chi connectivity index (χ1) is 5.21. The van der Waals surface area contributed by atoms with Crippen molar-refractivity contribution in [2.45, 2.75) is 25.3 Å². The molecule has 11 heavy (non-hydrogen) atoms. The van der Waals surface area contributed by atoms with Crippen molar-refractivity contribution in [3.63, 3.8) is 0 Å². The molecule has 0 radical (unpaired) electrons. The molecule has 0 bridgehead atoms. The Hall–Kier alpha value is -0.0800. The van der Waals surface area contributed by atoms with Crippen molar-refractivity contribution in [2.75, 3.05) is 33.2 Å². The van der Waals surface area contributed by atoms with Crippen molar-refractivity contribution < 1.29 is 0 Å². The highest BCUT2D eigenvalue weighted by Crippen LogP contribution is 2.28. The van der Waals surface area contributed by atoms with Crippen LogP contribution in [-0.2, 0) is 0 Å². The van der Waals surface area contributed by atoms with Gasteiger partial charge in [-0.1, -0.05) is 0 Å². The van der Waals surface area contributed by atoms with Gasteiger partial charge in [0.05, 0.1) is 0 Å². The fourth-order valence-electron chi connectivity index (χ4n) is 2.57. The van der Waals surface area contributed by atoms with E-state index < -0.39 is 0 Å². The average molecular weight is 154 g/mol. The minimum absolute atomic E-state index is 0.533. The lowest BCUT2D eigenvalue weighted by Gasteiger charge is -2.51. The van der Waals surface area contributed by atoms with E-state index in [9.17, 15) is 0 Å². The van der Waals surface area contributed by atoms with Crippen molar-refractivity contribution in [2.24, 2.45) is 0 Å². The van der Waals surface area contributed by atoms with Gasteiger partial charge in [0.15, 0.2) is 0 Å². The van der Waals surface area contributed by atoms with Gasteiger partial charge in [-0.3, -0.25) is 4.90 Å². The highest BCUT2D eigenvalue weighted by molar-refractivity contribution is 5.00. The Bertz CT molecular complexity index is 144. The van der Waals surface area contributed by atoms with Crippen LogP contribution in [0, 0.1) is 0 Å². The predicted molar refractivity (Wildman–Crippen MR) is 46.7 cm³/mol. The number of hydrogen-bond donors (Lipinski definition) is 0. The van der Waals surface area contributed by atoms with Crippen molar-refractivity contribution in [1.82, 2.24) is 9.80 Å². The van der Waals surface area contributed by atoms with Crippen LogP contribution >= 0.6 is 0 Å². The number of likely N-dealkylation sites (tertiary alicyclic amines) is 2. The monoisotopic (exact) mass is 154 g/mol. The zero-order chi connectivity index (χ0) is 7.90. The molecule has 2 saturated heterocycles. The van der Waals surface area contributed by atoms with Gasteiger partial charge in [-0.2, -0.15) is 0 Å². The van der Waals surface area contributed by atoms with E-state index in [2.05, 4.69) is 23.8 Å². The Morgan fingerprint density at radius 3 is 2.09 bits per heavy atom. The molecule has 0 aromatic rings. The third-order valence-electron chi connectivity index (χ3n) is 3.09. The molecule has 2 aliphatic heterocycles. The molecule has 0 amide bonds. The molecular weight excluding hydrogens is 136 g/mol. The van der Waals surface area contributed by atoms with E-state index in [1.807, 2.05) is 0 Å². The van der Waals surface area contributed by atoms with Crippen LogP contribution in [0.4, 0.5) is 0 Å². The standard InChI is InChI=1S/C9H18N2/c1-9(7-10(2)8-9)11-5-3-4-6-11/h3-8H2,1-2H3. The summed E-state index contributed by atoms with van der Waals surface area (Å²) in [7, 11) is 2.21. The molecular formula is C9H18N2. The van der Waals surface area contributed by atoms with Gasteiger partial charge in [-0.15, -0.1) is 0 Å². The lowest BCUT2D eigenvalue weighted by Crippen LogP contribution is -2.66. The van der Waals surface area contributed by atoms with Gasteiger partial charge in [-0.25, -0.2) is 0 Å². The second kappa shape index (κ2) is 2.46. The molecule has 2 heteroatoms. The molecule has 0 unspecified atom stereocenters. The first-order valence-corrected chi connectivity index (χ1v) is 4.64. The van der Waals surface area contributed by atoms with E-state index in [0.717, 1.165) is 0 Å². The van der Waals surface area contributed by atoms with E-state index in [1.165, 1.54) is 39.0 Å². The molecule has 0 N–H and O–H groups in total. The van der Waals surface area contributed by atoms with Gasteiger partial charge >= 0.3 is 0 Å². The normalized spacial score (nSPS) is 32.2. The Kier molecular flexibility index (Phi) is 1.69. The second-order valence-electron chi connectivity index (χ2n) is 4.36. The molecule has 2 aliphatic rings. The summed E-state index contributed by atoms with van der Waals surface area (Å²) in [5.74, 6) is 0. The van der Waals surface area contributed by atoms with Gasteiger partial charge in [0.1, 0.15) is 0 Å². The van der Waals surface area contributed by atoms with Crippen LogP contribution in [0.2, 0.25) is 0 Å². The fourth-order valence-corrected chi connectivity index (χ4v) is 2.57. The molecule has 0 spiro atoms. The lowest BCUT2D eigenvalue weighted by atomic mass is 9.91. The van der Waals surface area contributed by atoms with Crippen LogP contribution in [0.3, 0.4) is 0 Å². The molecule has 2 fully saturated rings. The van der Waals surface area contributed by atoms with Crippen LogP contribution in [0.15, 0.2) is 0 Å². The molecule has 2 nitrogen and oxygen atoms in total. The van der Waals surface area contributed by atoms with Gasteiger partial charge in [0.25, 0.3) is 0 Å². The summed E-state index contributed by atoms with van der Waals surface area (Å²) in [6, 6.07) is 0. The molecule has 2 heterocycles. The molecule has 0 aromatic heterocycles. The largest absolute Gasteiger partial charge is 0.303 e. The molecule has 0 atom stereocenters. The summed E-state index contributed by atoms with van der Waals surface area (Å²) in [5.41, 5.74) is 0.533. The topological polar surface area (TPSA) is 6.48 Å². The van der Waals surface area contributed by atoms with Gasteiger partial charge in [-0.05, 0) is 39.9 Å². The molecule has 0 aromatic carbocycles. The van der Waals surface area contributed by atoms with Crippen molar-refractivity contribution >= 4 is 0 Å². The molecule has 0 aliphatic carbocycles. The zero-order valence-corrected chi connectivity index (χ0v) is 7.64. The third-order valence-corrected chi connectivity index (χ3v) is 3.09. The van der Waals surface area contributed by atoms with Gasteiger partial charge < -0.3 is 4.90 Å². The molecule has 0 saturated carbocycles. The lowest BCUT2D eigenvalue weighted by molar-refractivity contribution is -0.0147. The smallest absolute Gasteiger partial charge is 0.0434 e. The Morgan fingerprint density at radius 2 is 1.64 bits per heavy atom. The van der Waals surface area contributed by atoms with Crippen molar-refractivity contribution in [1.29, 1.82) is 0 Å². The first kappa shape index (κ1) is 7.56. The van der Waals surface area contributed by atoms with Crippen LogP contribution in [-0.4, -0.2) is 48.6 Å². The SMILES string of the molecule is CN1CC(C)(N2CCCC2)C1. The summed E-state index contributed by atoms with van der Waals surface area (Å²) < 4.78 is 0. The van der Waals surface area contributed by atoms with Gasteiger partial charge in [0, 0.05) is 18.6 Å². The fraction of sp³-hybridized carbons (Fsp3) is 1.00. The number of likely N-dealkylation sites (N-methyl/N-ethyl adjacent to an activating group) is 1. The summed E-state index contributed by atoms with van der Waals surface area (Å²) in [4.78, 5) is 5.06. The number of rotatable bonds is 1. The van der Waals surface area contributed by atoms with Gasteiger partial charge in [0.2, 0.25) is 0 Å². The zero-order valence-electron chi connectivity index (χ0n) is 7.64. The maximum absolute atomic E-state index is 2.66. The minimum atomic E-state index is 0.533. The molecule has 2 rings (SSSR count). The highest BCUT2D eigenvalue weighted by Gasteiger charge is 2.42. The molecule has 64 valence electrons. The first-order valence-electron chi connectivity index (χ1n) is 4.64. The van der Waals surface area contributed by atoms with Crippen LogP contribution in [0.1, 0.15) is 19.8 Å². The van der Waals surface area contributed by atoms with E-state index in [0.29, 0.717) is 5.54 Å². The maximum Gasteiger partial charge on any atom is 0.0434 e. The van der Waals surface area contributed by atoms with Crippen LogP contribution in [0.25, 0.3) is 0 Å². The number of nitrogens with zero attached hydrogens (tertiary/aromatic N) is 2. The summed E-state index contributed by atoms with van der Waals surface area (Å²) >= 11 is 0. The Balaban J connectivity index is 1.93. The van der Waals surface area contributed by atoms with Crippen LogP contribution < -0.4 is 0 Å². The maximum atomic E-state index is 2.66. The van der Waals surface area contributed by atoms with Crippen LogP contribution in [0.5, 0.6) is 0 Å². The highest BCUT2D eigenvalue weighted by atomic mass is 15.3. The van der Waals surface area contributed by atoms with E-state index in [4.69, 9.17) is 0 Å². The average Bonchev–Trinajstić information content (AvgIpc) is 2.34. The third kappa shape index (κ3) is 1.18. The van der Waals surface area contributed by atoms with Crippen molar-refractivity contribution in [3.05, 3.63) is 0 Å². The predicted octanol–water partition coefficient (Wildman–Crippen LogP) is 0.786. The second-order valence-corrected chi connectivity index (χ2v) is 4.36. The summed E-state index contributed by atoms with van der Waals surface area (Å²) in [6.07, 6.45) is 2.83. The Morgan fingerprint density at radius 1 is 1.09 bits per heavy atom.